The van der Waals surface area contributed by atoms with Crippen LogP contribution in [0.15, 0.2) is 41.2 Å². The fraction of sp³-hybridized carbons (Fsp3) is 0.0667. The number of nitrogens with one attached hydrogen (secondary N) is 1. The molecule has 19 heavy (non-hydrogen) atoms. The number of aromatic nitrogens is 2. The van der Waals surface area contributed by atoms with E-state index in [4.69, 9.17) is 0 Å². The van der Waals surface area contributed by atoms with Crippen molar-refractivity contribution in [1.82, 2.24) is 9.97 Å². The van der Waals surface area contributed by atoms with Crippen molar-refractivity contribution < 1.29 is 0 Å². The molecule has 2 heterocycles. The first-order valence-electron chi connectivity index (χ1n) is 6.05. The largest absolute Gasteiger partial charge is 0.310 e. The van der Waals surface area contributed by atoms with Crippen LogP contribution in [-0.2, 0) is 0 Å². The van der Waals surface area contributed by atoms with E-state index in [1.165, 1.54) is 0 Å². The van der Waals surface area contributed by atoms with Crippen molar-refractivity contribution >= 4 is 42.4 Å². The van der Waals surface area contributed by atoms with Crippen LogP contribution in [0.4, 0.5) is 0 Å². The minimum atomic E-state index is -0.0508. The van der Waals surface area contributed by atoms with Gasteiger partial charge in [0.15, 0.2) is 0 Å². The summed E-state index contributed by atoms with van der Waals surface area (Å²) >= 11 is 1.57. The van der Waals surface area contributed by atoms with Crippen molar-refractivity contribution in [2.24, 2.45) is 0 Å². The van der Waals surface area contributed by atoms with Crippen LogP contribution in [0.2, 0.25) is 0 Å². The number of hydrogen-bond acceptors (Lipinski definition) is 3. The third-order valence-corrected chi connectivity index (χ3v) is 4.40. The summed E-state index contributed by atoms with van der Waals surface area (Å²) in [6.45, 7) is 1.81. The molecule has 2 aromatic heterocycles. The molecule has 0 aliphatic carbocycles. The highest BCUT2D eigenvalue weighted by atomic mass is 32.1. The lowest BCUT2D eigenvalue weighted by atomic mass is 10.1. The zero-order valence-electron chi connectivity index (χ0n) is 10.2. The topological polar surface area (TPSA) is 45.8 Å². The standard InChI is InChI=1S/C15H10N2OS/c1-8-16-14(18)13-12-10-5-3-2-4-9(10)6-7-11(12)19-15(13)17-8/h2-7H,1H3,(H,16,17,18). The van der Waals surface area contributed by atoms with Crippen molar-refractivity contribution in [3.63, 3.8) is 0 Å². The molecule has 2 aromatic carbocycles. The Morgan fingerprint density at radius 3 is 2.84 bits per heavy atom. The molecule has 0 amide bonds. The number of benzene rings is 2. The van der Waals surface area contributed by atoms with Crippen LogP contribution in [0.5, 0.6) is 0 Å². The van der Waals surface area contributed by atoms with E-state index in [2.05, 4.69) is 34.2 Å². The number of H-pyrrole nitrogens is 1. The molecule has 92 valence electrons. The summed E-state index contributed by atoms with van der Waals surface area (Å²) in [6.07, 6.45) is 0. The third kappa shape index (κ3) is 1.43. The highest BCUT2D eigenvalue weighted by Gasteiger charge is 2.12. The number of nitrogens with zero attached hydrogens (tertiary/aromatic N) is 1. The molecule has 1 N–H and O–H groups in total. The Balaban J connectivity index is 2.39. The summed E-state index contributed by atoms with van der Waals surface area (Å²) in [5.41, 5.74) is -0.0508. The van der Waals surface area contributed by atoms with Gasteiger partial charge < -0.3 is 4.98 Å². The first kappa shape index (κ1) is 10.7. The van der Waals surface area contributed by atoms with E-state index in [1.807, 2.05) is 19.1 Å². The maximum atomic E-state index is 12.2. The Bertz CT molecular complexity index is 997. The first-order valence-corrected chi connectivity index (χ1v) is 6.86. The van der Waals surface area contributed by atoms with Gasteiger partial charge in [-0.15, -0.1) is 11.3 Å². The van der Waals surface area contributed by atoms with Crippen LogP contribution < -0.4 is 5.56 Å². The number of fused-ring (bicyclic) bond motifs is 5. The van der Waals surface area contributed by atoms with E-state index in [9.17, 15) is 4.79 Å². The Kier molecular flexibility index (Phi) is 2.05. The van der Waals surface area contributed by atoms with Crippen LogP contribution in [0.1, 0.15) is 5.82 Å². The van der Waals surface area contributed by atoms with Crippen molar-refractivity contribution in [2.45, 2.75) is 6.92 Å². The van der Waals surface area contributed by atoms with Crippen molar-refractivity contribution in [2.75, 3.05) is 0 Å². The molecule has 0 unspecified atom stereocenters. The Hall–Kier alpha value is -2.20. The number of aryl methyl sites for hydroxylation is 1. The molecule has 3 nitrogen and oxygen atoms in total. The lowest BCUT2D eigenvalue weighted by Gasteiger charge is -1.99. The van der Waals surface area contributed by atoms with E-state index in [-0.39, 0.29) is 5.56 Å². The second kappa shape index (κ2) is 3.65. The van der Waals surface area contributed by atoms with Gasteiger partial charge in [0, 0.05) is 10.1 Å². The van der Waals surface area contributed by atoms with Gasteiger partial charge in [0.2, 0.25) is 0 Å². The molecule has 0 aliphatic heterocycles. The normalized spacial score (nSPS) is 11.6. The fourth-order valence-corrected chi connectivity index (χ4v) is 3.69. The summed E-state index contributed by atoms with van der Waals surface area (Å²) in [7, 11) is 0. The zero-order valence-corrected chi connectivity index (χ0v) is 11.0. The summed E-state index contributed by atoms with van der Waals surface area (Å²) in [5.74, 6) is 0.661. The highest BCUT2D eigenvalue weighted by molar-refractivity contribution is 7.25. The number of hydrogen-bond donors (Lipinski definition) is 1. The molecular formula is C15H10N2OS. The molecule has 4 heteroatoms. The van der Waals surface area contributed by atoms with E-state index in [1.54, 1.807) is 11.3 Å². The second-order valence-electron chi connectivity index (χ2n) is 4.59. The summed E-state index contributed by atoms with van der Waals surface area (Å²) in [5, 5.41) is 3.99. The van der Waals surface area contributed by atoms with Crippen LogP contribution in [0.25, 0.3) is 31.1 Å². The molecule has 0 saturated carbocycles. The smallest absolute Gasteiger partial charge is 0.260 e. The van der Waals surface area contributed by atoms with Gasteiger partial charge in [-0.1, -0.05) is 30.3 Å². The molecule has 0 aliphatic rings. The summed E-state index contributed by atoms with van der Waals surface area (Å²) in [4.78, 5) is 20.3. The molecule has 0 bridgehead atoms. The molecule has 0 spiro atoms. The van der Waals surface area contributed by atoms with Gasteiger partial charge in [0.25, 0.3) is 5.56 Å². The number of thiophene rings is 1. The SMILES string of the molecule is Cc1nc2sc3ccc4ccccc4c3c2c(=O)[nH]1. The average molecular weight is 266 g/mol. The Morgan fingerprint density at radius 2 is 1.95 bits per heavy atom. The highest BCUT2D eigenvalue weighted by Crippen LogP contribution is 2.35. The predicted octanol–water partition coefficient (Wildman–Crippen LogP) is 3.60. The van der Waals surface area contributed by atoms with Gasteiger partial charge in [-0.25, -0.2) is 4.98 Å². The number of rotatable bonds is 0. The van der Waals surface area contributed by atoms with E-state index in [0.29, 0.717) is 11.2 Å². The van der Waals surface area contributed by atoms with Crippen LogP contribution >= 0.6 is 11.3 Å². The number of aromatic amines is 1. The lowest BCUT2D eigenvalue weighted by Crippen LogP contribution is -2.08. The Morgan fingerprint density at radius 1 is 1.11 bits per heavy atom. The van der Waals surface area contributed by atoms with Gasteiger partial charge in [0.05, 0.1) is 5.39 Å². The van der Waals surface area contributed by atoms with E-state index >= 15 is 0 Å². The van der Waals surface area contributed by atoms with Gasteiger partial charge in [0.1, 0.15) is 10.7 Å². The molecule has 0 radical (unpaired) electrons. The fourth-order valence-electron chi connectivity index (χ4n) is 2.55. The quantitative estimate of drug-likeness (QED) is 0.528. The van der Waals surface area contributed by atoms with Crippen molar-refractivity contribution in [1.29, 1.82) is 0 Å². The maximum Gasteiger partial charge on any atom is 0.260 e. The van der Waals surface area contributed by atoms with Gasteiger partial charge >= 0.3 is 0 Å². The van der Waals surface area contributed by atoms with Crippen LogP contribution in [0.3, 0.4) is 0 Å². The second-order valence-corrected chi connectivity index (χ2v) is 5.62. The lowest BCUT2D eigenvalue weighted by molar-refractivity contribution is 1.07. The first-order chi connectivity index (χ1) is 9.24. The molecule has 4 aromatic rings. The van der Waals surface area contributed by atoms with Gasteiger partial charge in [-0.3, -0.25) is 4.79 Å². The molecule has 0 saturated heterocycles. The zero-order chi connectivity index (χ0) is 13.0. The maximum absolute atomic E-state index is 12.2. The van der Waals surface area contributed by atoms with E-state index in [0.717, 1.165) is 25.7 Å². The Labute approximate surface area is 112 Å². The third-order valence-electron chi connectivity index (χ3n) is 3.35. The minimum absolute atomic E-state index is 0.0508. The summed E-state index contributed by atoms with van der Waals surface area (Å²) in [6, 6.07) is 12.3. The molecule has 4 rings (SSSR count). The van der Waals surface area contributed by atoms with Crippen molar-refractivity contribution in [3.8, 4) is 0 Å². The molecular weight excluding hydrogens is 256 g/mol. The predicted molar refractivity (Wildman–Crippen MR) is 80.0 cm³/mol. The minimum Gasteiger partial charge on any atom is -0.310 e. The van der Waals surface area contributed by atoms with Gasteiger partial charge in [-0.05, 0) is 23.8 Å². The average Bonchev–Trinajstić information content (AvgIpc) is 2.77. The van der Waals surface area contributed by atoms with E-state index < -0.39 is 0 Å². The summed E-state index contributed by atoms with van der Waals surface area (Å²) < 4.78 is 1.11. The van der Waals surface area contributed by atoms with Gasteiger partial charge in [-0.2, -0.15) is 0 Å². The van der Waals surface area contributed by atoms with Crippen molar-refractivity contribution in [3.05, 3.63) is 52.6 Å². The van der Waals surface area contributed by atoms with Crippen LogP contribution in [0, 0.1) is 6.92 Å². The monoisotopic (exact) mass is 266 g/mol. The molecule has 0 atom stereocenters. The van der Waals surface area contributed by atoms with Crippen LogP contribution in [-0.4, -0.2) is 9.97 Å². The molecule has 0 fully saturated rings.